The minimum Gasteiger partial charge on any atom is -0.460 e. The molecule has 0 bridgehead atoms. The third-order valence-electron chi connectivity index (χ3n) is 19.8. The summed E-state index contributed by atoms with van der Waals surface area (Å²) in [6.45, 7) is 3.63. The molecule has 0 spiro atoms. The number of rotatable bonds is 41. The lowest BCUT2D eigenvalue weighted by atomic mass is 9.92. The highest BCUT2D eigenvalue weighted by atomic mass is 19.4. The van der Waals surface area contributed by atoms with Gasteiger partial charge in [-0.05, 0) is 103 Å². The number of halogens is 12. The van der Waals surface area contributed by atoms with Crippen molar-refractivity contribution in [2.45, 2.75) is 264 Å². The van der Waals surface area contributed by atoms with Crippen LogP contribution in [0.15, 0.2) is 133 Å². The first-order valence-electron chi connectivity index (χ1n) is 35.6. The lowest BCUT2D eigenvalue weighted by molar-refractivity contribution is -0.281. The quantitative estimate of drug-likeness (QED) is 0.0177. The summed E-state index contributed by atoms with van der Waals surface area (Å²) in [7, 11) is 2.79. The van der Waals surface area contributed by atoms with E-state index in [-0.39, 0.29) is 102 Å². The Labute approximate surface area is 603 Å². The number of carbonyl (C=O) groups excluding carboxylic acids is 5. The van der Waals surface area contributed by atoms with Crippen molar-refractivity contribution in [2.24, 2.45) is 0 Å². The molecule has 3 aliphatic rings. The number of carbonyl (C=O) groups is 5. The molecular weight excluding hydrogens is 1410 g/mol. The van der Waals surface area contributed by atoms with Crippen LogP contribution in [0.1, 0.15) is 184 Å². The fourth-order valence-corrected chi connectivity index (χ4v) is 14.2. The zero-order valence-electron chi connectivity index (χ0n) is 59.7. The van der Waals surface area contributed by atoms with E-state index < -0.39 is 154 Å². The highest BCUT2D eigenvalue weighted by Crippen LogP contribution is 2.49. The molecule has 0 aromatic heterocycles. The topological polar surface area (TPSA) is 187 Å². The third-order valence-corrected chi connectivity index (χ3v) is 19.8. The molecule has 0 unspecified atom stereocenters. The van der Waals surface area contributed by atoms with Crippen molar-refractivity contribution in [3.8, 4) is 0 Å². The Kier molecular flexibility index (Phi) is 30.9. The number of cyclic esters (lactones) is 1. The van der Waals surface area contributed by atoms with Crippen molar-refractivity contribution in [2.75, 3.05) is 28.4 Å². The number of hydrogen-bond acceptors (Lipinski definition) is 16. The predicted molar refractivity (Wildman–Crippen MR) is 357 cm³/mol. The van der Waals surface area contributed by atoms with Crippen LogP contribution in [0, 0.1) is 0 Å². The molecule has 7 rings (SSSR count). The number of unbranched alkanes of at least 4 members (excludes halogenated alkanes) is 10. The summed E-state index contributed by atoms with van der Waals surface area (Å²) in [5, 5.41) is 0. The van der Waals surface area contributed by atoms with E-state index in [1.165, 1.54) is 85.8 Å². The van der Waals surface area contributed by atoms with Gasteiger partial charge in [-0.15, -0.1) is 0 Å². The Morgan fingerprint density at radius 1 is 0.400 bits per heavy atom. The van der Waals surface area contributed by atoms with E-state index in [1.54, 1.807) is 0 Å². The van der Waals surface area contributed by atoms with E-state index in [4.69, 9.17) is 52.1 Å². The number of benzene rings is 4. The average Bonchev–Trinajstić information content (AvgIpc) is 1.72. The van der Waals surface area contributed by atoms with Crippen LogP contribution in [-0.2, 0) is 98.5 Å². The van der Waals surface area contributed by atoms with Crippen molar-refractivity contribution < 1.29 is 129 Å². The smallest absolute Gasteiger partial charge is 0.432 e. The highest BCUT2D eigenvalue weighted by Gasteiger charge is 2.68. The van der Waals surface area contributed by atoms with Crippen LogP contribution in [-0.4, -0.2) is 138 Å². The molecule has 0 aliphatic carbocycles. The maximum absolute atomic E-state index is 15.5. The van der Waals surface area contributed by atoms with Gasteiger partial charge in [-0.3, -0.25) is 0 Å². The van der Waals surface area contributed by atoms with Gasteiger partial charge in [-0.2, -0.15) is 52.7 Å². The molecule has 28 heteroatoms. The monoisotopic (exact) mass is 1500 g/mol. The number of esters is 5. The van der Waals surface area contributed by atoms with Gasteiger partial charge in [-0.25, -0.2) is 24.0 Å². The molecule has 3 heterocycles. The minimum absolute atomic E-state index is 0.0136. The molecule has 0 saturated carbocycles. The summed E-state index contributed by atoms with van der Waals surface area (Å²) in [4.78, 5) is 69.6. The zero-order valence-corrected chi connectivity index (χ0v) is 59.7. The van der Waals surface area contributed by atoms with Gasteiger partial charge in [0.15, 0.2) is 0 Å². The van der Waals surface area contributed by atoms with E-state index in [1.807, 2.05) is 0 Å². The fraction of sp³-hybridized carbons (Fsp3) is 0.597. The average molecular weight is 1500 g/mol. The van der Waals surface area contributed by atoms with Gasteiger partial charge in [0.05, 0.1) is 24.4 Å². The van der Waals surface area contributed by atoms with Crippen LogP contribution in [0.5, 0.6) is 0 Å². The molecule has 16 nitrogen and oxygen atoms in total. The summed E-state index contributed by atoms with van der Waals surface area (Å²) in [6, 6.07) is 24.2. The number of hydrogen-bond donors (Lipinski definition) is 0. The van der Waals surface area contributed by atoms with Gasteiger partial charge in [0.25, 0.3) is 22.4 Å². The summed E-state index contributed by atoms with van der Waals surface area (Å²) in [5.41, 5.74) is -16.8. The van der Waals surface area contributed by atoms with Crippen LogP contribution in [0.3, 0.4) is 0 Å². The van der Waals surface area contributed by atoms with Gasteiger partial charge in [0.2, 0.25) is 0 Å². The molecule has 13 atom stereocenters. The first-order chi connectivity index (χ1) is 49.8. The Balaban J connectivity index is 1.12. The summed E-state index contributed by atoms with van der Waals surface area (Å²) >= 11 is 0. The van der Waals surface area contributed by atoms with Crippen molar-refractivity contribution in [1.29, 1.82) is 0 Å². The maximum Gasteiger partial charge on any atom is 0.432 e. The van der Waals surface area contributed by atoms with Crippen LogP contribution >= 0.6 is 0 Å². The molecule has 0 N–H and O–H groups in total. The van der Waals surface area contributed by atoms with Crippen LogP contribution in [0.2, 0.25) is 0 Å². The molecule has 2 saturated heterocycles. The van der Waals surface area contributed by atoms with Crippen molar-refractivity contribution >= 4 is 29.8 Å². The van der Waals surface area contributed by atoms with Crippen LogP contribution < -0.4 is 0 Å². The normalized spacial score (nSPS) is 21.5. The Hall–Kier alpha value is -7.11. The van der Waals surface area contributed by atoms with Gasteiger partial charge >= 0.3 is 54.6 Å². The second-order valence-corrected chi connectivity index (χ2v) is 26.7. The van der Waals surface area contributed by atoms with E-state index in [9.17, 15) is 24.0 Å². The highest BCUT2D eigenvalue weighted by molar-refractivity contribution is 5.91. The molecule has 0 amide bonds. The Bertz CT molecular complexity index is 3400. The fourth-order valence-electron chi connectivity index (χ4n) is 14.2. The van der Waals surface area contributed by atoms with Crippen molar-refractivity contribution in [3.63, 3.8) is 0 Å². The SMILES string of the molecule is CCCCCCCCCC[C@@H](OC(=O)[C@](OC)(c1ccccc1)C(F)(F)F)[C@H]1CC[C@H]([C@H]2CC[C@H]([C@@H](CCCC[C@@H](CCCCC[C@H](CC3=C[C@H](C)OC3=O)OC(=O)[C@](OC)(c3ccccc3)C(F)(F)F)OC(=O)[C@](OC)(c3ccccc3)C(F)(F)F)OC(=O)[C@](OC)(c3ccccc3)C(F)(F)F)O2)O1. The summed E-state index contributed by atoms with van der Waals surface area (Å²) in [5.74, 6) is -8.07. The standard InChI is InChI=1S/C77H94F12O16/c1-7-8-9-10-11-12-13-29-43-59(104-68(93)72(97-5,76(84,85)86)55-36-23-16-24-37-55)61-45-47-63(102-61)64-48-46-62(103-64)60(105-69(94)73(98-6,77(87,88)89)56-38-25-17-26-39-56)44-31-30-41-57(100-66(91)70(95-3,74(78,79)80)53-32-19-14-20-33-53)40-27-18-28-42-58(50-52-49-51(2)99-65(52)90)101-67(92)71(96-4,75(81,82)83)54-34-21-15-22-35-54/h14-17,19-26,32-39,49,51,57-64H,7-13,18,27-31,40-48,50H2,1-6H3/t51-,57+,58+,59+,60+,61+,62+,63+,64+,70+,71+,72+,73+/m0/s1. The zero-order chi connectivity index (χ0) is 76.9. The van der Waals surface area contributed by atoms with E-state index in [0.29, 0.717) is 34.2 Å². The van der Waals surface area contributed by atoms with Gasteiger partial charge < -0.3 is 52.1 Å². The molecule has 582 valence electrons. The molecule has 3 aliphatic heterocycles. The second kappa shape index (κ2) is 38.1. The lowest BCUT2D eigenvalue weighted by Crippen LogP contribution is -2.53. The molecular formula is C77H94F12O16. The van der Waals surface area contributed by atoms with Crippen molar-refractivity contribution in [3.05, 3.63) is 155 Å². The van der Waals surface area contributed by atoms with E-state index in [0.717, 1.165) is 94.2 Å². The number of methoxy groups -OCH3 is 4. The largest absolute Gasteiger partial charge is 0.460 e. The van der Waals surface area contributed by atoms with E-state index in [2.05, 4.69) is 6.92 Å². The van der Waals surface area contributed by atoms with E-state index >= 15 is 52.7 Å². The number of ether oxygens (including phenoxy) is 11. The van der Waals surface area contributed by atoms with Gasteiger partial charge in [0, 0.05) is 62.7 Å². The Morgan fingerprint density at radius 2 is 0.686 bits per heavy atom. The van der Waals surface area contributed by atoms with Crippen LogP contribution in [0.4, 0.5) is 52.7 Å². The van der Waals surface area contributed by atoms with Crippen LogP contribution in [0.25, 0.3) is 0 Å². The molecule has 4 aromatic rings. The summed E-state index contributed by atoms with van der Waals surface area (Å²) in [6.07, 6.45) is -23.6. The van der Waals surface area contributed by atoms with Gasteiger partial charge in [-0.1, -0.05) is 180 Å². The molecule has 105 heavy (non-hydrogen) atoms. The maximum atomic E-state index is 15.5. The predicted octanol–water partition coefficient (Wildman–Crippen LogP) is 17.4. The molecule has 4 aromatic carbocycles. The minimum atomic E-state index is -5.43. The molecule has 0 radical (unpaired) electrons. The van der Waals surface area contributed by atoms with Gasteiger partial charge in [0.1, 0.15) is 30.5 Å². The first kappa shape index (κ1) is 85.1. The first-order valence-corrected chi connectivity index (χ1v) is 35.6. The molecule has 2 fully saturated rings. The Morgan fingerprint density at radius 3 is 1.01 bits per heavy atom. The second-order valence-electron chi connectivity index (χ2n) is 26.7. The number of alkyl halides is 12. The lowest BCUT2D eigenvalue weighted by Gasteiger charge is -2.35. The third kappa shape index (κ3) is 20.2. The summed E-state index contributed by atoms with van der Waals surface area (Å²) < 4.78 is 245. The van der Waals surface area contributed by atoms with Crippen molar-refractivity contribution in [1.82, 2.24) is 0 Å².